The van der Waals surface area contributed by atoms with E-state index < -0.39 is 0 Å². The van der Waals surface area contributed by atoms with Gasteiger partial charge in [0.1, 0.15) is 11.5 Å². The van der Waals surface area contributed by atoms with E-state index in [-0.39, 0.29) is 23.7 Å². The first-order valence-electron chi connectivity index (χ1n) is 10.7. The van der Waals surface area contributed by atoms with Crippen molar-refractivity contribution >= 4 is 23.1 Å². The maximum atomic E-state index is 13.6. The molecule has 1 aliphatic heterocycles. The number of likely N-dealkylation sites (N-methyl/N-ethyl adjacent to an activating group) is 1. The SMILES string of the molecule is CN(C1=C(c2ccc(F)cc2)C(=O)N(C2CCCCCCC2)C1=O)c1ccccc1. The summed E-state index contributed by atoms with van der Waals surface area (Å²) in [5, 5.41) is 0. The maximum absolute atomic E-state index is 13.6. The summed E-state index contributed by atoms with van der Waals surface area (Å²) >= 11 is 0. The Balaban J connectivity index is 1.77. The van der Waals surface area contributed by atoms with Crippen molar-refractivity contribution in [1.82, 2.24) is 4.90 Å². The van der Waals surface area contributed by atoms with E-state index in [1.807, 2.05) is 30.3 Å². The minimum absolute atomic E-state index is 0.0811. The van der Waals surface area contributed by atoms with E-state index in [4.69, 9.17) is 0 Å². The van der Waals surface area contributed by atoms with Crippen LogP contribution in [0.15, 0.2) is 60.3 Å². The summed E-state index contributed by atoms with van der Waals surface area (Å²) in [5.41, 5.74) is 2.11. The van der Waals surface area contributed by atoms with Gasteiger partial charge in [-0.1, -0.05) is 62.4 Å². The van der Waals surface area contributed by atoms with Crippen molar-refractivity contribution in [3.63, 3.8) is 0 Å². The van der Waals surface area contributed by atoms with Gasteiger partial charge in [-0.15, -0.1) is 0 Å². The summed E-state index contributed by atoms with van der Waals surface area (Å²) in [4.78, 5) is 30.4. The highest BCUT2D eigenvalue weighted by Gasteiger charge is 2.44. The molecule has 2 aromatic carbocycles. The first-order chi connectivity index (χ1) is 14.6. The third-order valence-corrected chi connectivity index (χ3v) is 6.14. The fourth-order valence-corrected chi connectivity index (χ4v) is 4.53. The number of halogens is 1. The Morgan fingerprint density at radius 3 is 2.07 bits per heavy atom. The average Bonchev–Trinajstić information content (AvgIpc) is 2.99. The average molecular weight is 407 g/mol. The standard InChI is InChI=1S/C25H27FN2O2/c1-27(20-10-8-5-9-11-20)23-22(18-14-16-19(26)17-15-18)24(29)28(25(23)30)21-12-6-3-2-4-7-13-21/h5,8-11,14-17,21H,2-4,6-7,12-13H2,1H3. The molecule has 1 saturated carbocycles. The van der Waals surface area contributed by atoms with Gasteiger partial charge in [0.05, 0.1) is 5.57 Å². The second-order valence-corrected chi connectivity index (χ2v) is 8.10. The van der Waals surface area contributed by atoms with Crippen LogP contribution in [-0.2, 0) is 9.59 Å². The van der Waals surface area contributed by atoms with Gasteiger partial charge in [0.15, 0.2) is 0 Å². The molecule has 2 amide bonds. The molecule has 4 rings (SSSR count). The van der Waals surface area contributed by atoms with Gasteiger partial charge in [0.2, 0.25) is 0 Å². The molecule has 0 atom stereocenters. The van der Waals surface area contributed by atoms with Crippen molar-refractivity contribution < 1.29 is 14.0 Å². The lowest BCUT2D eigenvalue weighted by Gasteiger charge is -2.29. The van der Waals surface area contributed by atoms with Crippen molar-refractivity contribution in [2.75, 3.05) is 11.9 Å². The summed E-state index contributed by atoms with van der Waals surface area (Å²) in [7, 11) is 1.81. The van der Waals surface area contributed by atoms with E-state index >= 15 is 0 Å². The molecule has 156 valence electrons. The lowest BCUT2D eigenvalue weighted by atomic mass is 9.95. The normalized spacial score (nSPS) is 18.5. The van der Waals surface area contributed by atoms with Crippen molar-refractivity contribution in [2.45, 2.75) is 51.0 Å². The van der Waals surface area contributed by atoms with Gasteiger partial charge in [-0.3, -0.25) is 14.5 Å². The Kier molecular flexibility index (Phi) is 5.98. The largest absolute Gasteiger partial charge is 0.339 e. The number of anilines is 1. The highest BCUT2D eigenvalue weighted by atomic mass is 19.1. The zero-order valence-corrected chi connectivity index (χ0v) is 17.3. The number of para-hydroxylation sites is 1. The first-order valence-corrected chi connectivity index (χ1v) is 10.7. The second-order valence-electron chi connectivity index (χ2n) is 8.10. The first kappa shape index (κ1) is 20.3. The van der Waals surface area contributed by atoms with Crippen LogP contribution in [0.5, 0.6) is 0 Å². The molecule has 0 unspecified atom stereocenters. The van der Waals surface area contributed by atoms with Crippen molar-refractivity contribution in [3.8, 4) is 0 Å². The Labute approximate surface area is 177 Å². The van der Waals surface area contributed by atoms with Crippen LogP contribution >= 0.6 is 0 Å². The number of nitrogens with zero attached hydrogens (tertiary/aromatic N) is 2. The molecule has 0 bridgehead atoms. The third-order valence-electron chi connectivity index (χ3n) is 6.14. The molecule has 2 aromatic rings. The molecule has 2 aliphatic rings. The van der Waals surface area contributed by atoms with Gasteiger partial charge in [0, 0.05) is 18.8 Å². The minimum Gasteiger partial charge on any atom is -0.339 e. The summed E-state index contributed by atoms with van der Waals surface area (Å²) in [5.74, 6) is -0.892. The van der Waals surface area contributed by atoms with Crippen LogP contribution in [-0.4, -0.2) is 29.8 Å². The monoisotopic (exact) mass is 406 g/mol. The van der Waals surface area contributed by atoms with Crippen molar-refractivity contribution in [1.29, 1.82) is 0 Å². The van der Waals surface area contributed by atoms with Crippen LogP contribution in [0.1, 0.15) is 50.5 Å². The van der Waals surface area contributed by atoms with Gasteiger partial charge in [-0.2, -0.15) is 0 Å². The van der Waals surface area contributed by atoms with Gasteiger partial charge in [-0.05, 0) is 42.7 Å². The highest BCUT2D eigenvalue weighted by molar-refractivity contribution is 6.36. The molecule has 1 heterocycles. The third kappa shape index (κ3) is 3.89. The van der Waals surface area contributed by atoms with E-state index in [1.54, 1.807) is 24.1 Å². The van der Waals surface area contributed by atoms with Crippen molar-refractivity contribution in [2.24, 2.45) is 0 Å². The summed E-state index contributed by atoms with van der Waals surface area (Å²) in [6, 6.07) is 15.3. The number of benzene rings is 2. The highest BCUT2D eigenvalue weighted by Crippen LogP contribution is 2.36. The number of amides is 2. The fraction of sp³-hybridized carbons (Fsp3) is 0.360. The van der Waals surface area contributed by atoms with E-state index in [2.05, 4.69) is 0 Å². The molecule has 0 spiro atoms. The molecule has 4 nitrogen and oxygen atoms in total. The molecule has 0 aromatic heterocycles. The number of imide groups is 1. The molecular weight excluding hydrogens is 379 g/mol. The van der Waals surface area contributed by atoms with Crippen LogP contribution in [0, 0.1) is 5.82 Å². The molecular formula is C25H27FN2O2. The van der Waals surface area contributed by atoms with Crippen molar-refractivity contribution in [3.05, 3.63) is 71.7 Å². The van der Waals surface area contributed by atoms with Crippen LogP contribution in [0.25, 0.3) is 5.57 Å². The van der Waals surface area contributed by atoms with Gasteiger partial charge < -0.3 is 4.90 Å². The number of carbonyl (C=O) groups excluding carboxylic acids is 2. The summed E-state index contributed by atoms with van der Waals surface area (Å²) < 4.78 is 13.5. The topological polar surface area (TPSA) is 40.6 Å². The Morgan fingerprint density at radius 1 is 0.833 bits per heavy atom. The zero-order valence-electron chi connectivity index (χ0n) is 17.3. The zero-order chi connectivity index (χ0) is 21.1. The smallest absolute Gasteiger partial charge is 0.278 e. The fourth-order valence-electron chi connectivity index (χ4n) is 4.53. The lowest BCUT2D eigenvalue weighted by molar-refractivity contribution is -0.140. The van der Waals surface area contributed by atoms with Gasteiger partial charge >= 0.3 is 0 Å². The Hall–Kier alpha value is -2.95. The summed E-state index contributed by atoms with van der Waals surface area (Å²) in [6.07, 6.45) is 7.24. The van der Waals surface area contributed by atoms with E-state index in [9.17, 15) is 14.0 Å². The second kappa shape index (κ2) is 8.82. The van der Waals surface area contributed by atoms with E-state index in [0.717, 1.165) is 44.2 Å². The van der Waals surface area contributed by atoms with Crippen LogP contribution in [0.4, 0.5) is 10.1 Å². The molecule has 1 aliphatic carbocycles. The predicted octanol–water partition coefficient (Wildman–Crippen LogP) is 5.15. The number of hydrogen-bond acceptors (Lipinski definition) is 3. The van der Waals surface area contributed by atoms with Crippen LogP contribution in [0.3, 0.4) is 0 Å². The molecule has 0 radical (unpaired) electrons. The molecule has 0 saturated heterocycles. The minimum atomic E-state index is -0.369. The molecule has 0 N–H and O–H groups in total. The lowest BCUT2D eigenvalue weighted by Crippen LogP contribution is -2.42. The van der Waals surface area contributed by atoms with Crippen LogP contribution in [0.2, 0.25) is 0 Å². The van der Waals surface area contributed by atoms with Gasteiger partial charge in [0.25, 0.3) is 11.8 Å². The number of rotatable bonds is 4. The Morgan fingerprint density at radius 2 is 1.43 bits per heavy atom. The Bertz CT molecular complexity index is 945. The van der Waals surface area contributed by atoms with E-state index in [0.29, 0.717) is 16.8 Å². The quantitative estimate of drug-likeness (QED) is 0.659. The number of carbonyl (C=O) groups is 2. The number of hydrogen-bond donors (Lipinski definition) is 0. The molecule has 5 heteroatoms. The molecule has 30 heavy (non-hydrogen) atoms. The predicted molar refractivity (Wildman–Crippen MR) is 116 cm³/mol. The van der Waals surface area contributed by atoms with E-state index in [1.165, 1.54) is 23.5 Å². The molecule has 1 fully saturated rings. The van der Waals surface area contributed by atoms with Crippen LogP contribution < -0.4 is 4.90 Å². The maximum Gasteiger partial charge on any atom is 0.278 e. The van der Waals surface area contributed by atoms with Gasteiger partial charge in [-0.25, -0.2) is 4.39 Å². The summed E-state index contributed by atoms with van der Waals surface area (Å²) in [6.45, 7) is 0.